The zero-order valence-electron chi connectivity index (χ0n) is 12.0. The number of rotatable bonds is 9. The van der Waals surface area contributed by atoms with Crippen molar-refractivity contribution in [3.8, 4) is 5.75 Å². The van der Waals surface area contributed by atoms with E-state index in [2.05, 4.69) is 12.2 Å². The second-order valence-corrected chi connectivity index (χ2v) is 6.73. The predicted octanol–water partition coefficient (Wildman–Crippen LogP) is 1.22. The van der Waals surface area contributed by atoms with Crippen LogP contribution in [0.3, 0.4) is 0 Å². The molecule has 1 aromatic rings. The molecule has 0 radical (unpaired) electrons. The van der Waals surface area contributed by atoms with E-state index in [1.165, 1.54) is 12.3 Å². The molecule has 0 heterocycles. The number of aliphatic hydroxyl groups is 1. The minimum Gasteiger partial charge on any atom is -0.493 e. The van der Waals surface area contributed by atoms with E-state index in [0.29, 0.717) is 18.8 Å². The van der Waals surface area contributed by atoms with Gasteiger partial charge in [0.05, 0.1) is 18.1 Å². The molecule has 0 aromatic heterocycles. The predicted molar refractivity (Wildman–Crippen MR) is 78.8 cm³/mol. The molecular weight excluding hydrogens is 278 g/mol. The summed E-state index contributed by atoms with van der Waals surface area (Å²) in [5.41, 5.74) is 0. The zero-order valence-corrected chi connectivity index (χ0v) is 12.8. The van der Waals surface area contributed by atoms with Crippen molar-refractivity contribution in [3.63, 3.8) is 0 Å². The molecule has 0 fully saturated rings. The smallest absolute Gasteiger partial charge is 0.175 e. The Morgan fingerprint density at radius 1 is 1.40 bits per heavy atom. The van der Waals surface area contributed by atoms with E-state index in [1.54, 1.807) is 18.2 Å². The van der Waals surface area contributed by atoms with E-state index >= 15 is 0 Å². The number of ether oxygens (including phenoxy) is 1. The Bertz CT molecular complexity index is 502. The molecule has 114 valence electrons. The van der Waals surface area contributed by atoms with Crippen LogP contribution in [-0.4, -0.2) is 45.6 Å². The molecule has 1 rings (SSSR count). The Hall–Kier alpha value is -1.11. The second kappa shape index (κ2) is 8.24. The molecule has 0 saturated heterocycles. The Kier molecular flexibility index (Phi) is 6.98. The standard InChI is InChI=1S/C14H23NO4S/c1-3-8-15-12(11-16)7-9-19-13-5-4-6-14(10-13)20(2,17)18/h4-6,10,12,15-16H,3,7-9,11H2,1-2H3. The van der Waals surface area contributed by atoms with Crippen molar-refractivity contribution < 1.29 is 18.3 Å². The lowest BCUT2D eigenvalue weighted by Crippen LogP contribution is -2.34. The normalized spacial score (nSPS) is 13.2. The van der Waals surface area contributed by atoms with E-state index in [0.717, 1.165) is 13.0 Å². The molecule has 0 bridgehead atoms. The van der Waals surface area contributed by atoms with Crippen molar-refractivity contribution in [3.05, 3.63) is 24.3 Å². The van der Waals surface area contributed by atoms with Crippen LogP contribution in [0, 0.1) is 0 Å². The maximum Gasteiger partial charge on any atom is 0.175 e. The van der Waals surface area contributed by atoms with Gasteiger partial charge >= 0.3 is 0 Å². The van der Waals surface area contributed by atoms with Gasteiger partial charge in [0.1, 0.15) is 5.75 Å². The first-order valence-corrected chi connectivity index (χ1v) is 8.63. The largest absolute Gasteiger partial charge is 0.493 e. The summed E-state index contributed by atoms with van der Waals surface area (Å²) in [5, 5.41) is 12.4. The van der Waals surface area contributed by atoms with Crippen molar-refractivity contribution >= 4 is 9.84 Å². The molecule has 1 unspecified atom stereocenters. The summed E-state index contributed by atoms with van der Waals surface area (Å²) in [6.45, 7) is 3.41. The lowest BCUT2D eigenvalue weighted by atomic mass is 10.2. The van der Waals surface area contributed by atoms with Crippen molar-refractivity contribution in [1.82, 2.24) is 5.32 Å². The third-order valence-corrected chi connectivity index (χ3v) is 3.98. The van der Waals surface area contributed by atoms with Crippen molar-refractivity contribution in [2.24, 2.45) is 0 Å². The van der Waals surface area contributed by atoms with Gasteiger partial charge in [-0.15, -0.1) is 0 Å². The number of benzene rings is 1. The highest BCUT2D eigenvalue weighted by atomic mass is 32.2. The summed E-state index contributed by atoms with van der Waals surface area (Å²) >= 11 is 0. The van der Waals surface area contributed by atoms with Crippen LogP contribution >= 0.6 is 0 Å². The lowest BCUT2D eigenvalue weighted by Gasteiger charge is -2.16. The van der Waals surface area contributed by atoms with Gasteiger partial charge in [0.25, 0.3) is 0 Å². The summed E-state index contributed by atoms with van der Waals surface area (Å²) in [6, 6.07) is 6.45. The van der Waals surface area contributed by atoms with Gasteiger partial charge in [-0.2, -0.15) is 0 Å². The third-order valence-electron chi connectivity index (χ3n) is 2.87. The van der Waals surface area contributed by atoms with Crippen LogP contribution in [0.2, 0.25) is 0 Å². The molecule has 1 aromatic carbocycles. The molecule has 6 heteroatoms. The second-order valence-electron chi connectivity index (χ2n) is 4.72. The van der Waals surface area contributed by atoms with Crippen molar-refractivity contribution in [1.29, 1.82) is 0 Å². The van der Waals surface area contributed by atoms with E-state index in [4.69, 9.17) is 4.74 Å². The van der Waals surface area contributed by atoms with Gasteiger partial charge < -0.3 is 15.2 Å². The third kappa shape index (κ3) is 5.90. The van der Waals surface area contributed by atoms with Crippen LogP contribution in [0.1, 0.15) is 19.8 Å². The average molecular weight is 301 g/mol. The summed E-state index contributed by atoms with van der Waals surface area (Å²) in [7, 11) is -3.22. The zero-order chi connectivity index (χ0) is 15.0. The fourth-order valence-electron chi connectivity index (χ4n) is 1.72. The molecule has 5 nitrogen and oxygen atoms in total. The molecule has 0 spiro atoms. The van der Waals surface area contributed by atoms with Crippen LogP contribution in [0.15, 0.2) is 29.2 Å². The number of nitrogens with one attached hydrogen (secondary N) is 1. The molecule has 20 heavy (non-hydrogen) atoms. The topological polar surface area (TPSA) is 75.6 Å². The molecule has 0 aliphatic carbocycles. The Morgan fingerprint density at radius 2 is 2.15 bits per heavy atom. The fourth-order valence-corrected chi connectivity index (χ4v) is 2.38. The van der Waals surface area contributed by atoms with Crippen LogP contribution in [0.25, 0.3) is 0 Å². The molecule has 0 aliphatic rings. The van der Waals surface area contributed by atoms with E-state index in [1.807, 2.05) is 0 Å². The van der Waals surface area contributed by atoms with Crippen molar-refractivity contribution in [2.75, 3.05) is 26.0 Å². The fraction of sp³-hybridized carbons (Fsp3) is 0.571. The number of hydrogen-bond acceptors (Lipinski definition) is 5. The number of hydrogen-bond donors (Lipinski definition) is 2. The summed E-state index contributed by atoms with van der Waals surface area (Å²) in [4.78, 5) is 0.248. The van der Waals surface area contributed by atoms with Gasteiger partial charge in [0.15, 0.2) is 9.84 Å². The van der Waals surface area contributed by atoms with Crippen LogP contribution in [0.5, 0.6) is 5.75 Å². The molecule has 0 saturated carbocycles. The van der Waals surface area contributed by atoms with Crippen LogP contribution in [0.4, 0.5) is 0 Å². The van der Waals surface area contributed by atoms with Crippen LogP contribution in [-0.2, 0) is 9.84 Å². The minimum atomic E-state index is -3.22. The minimum absolute atomic E-state index is 0.00744. The first-order valence-electron chi connectivity index (χ1n) is 6.74. The summed E-state index contributed by atoms with van der Waals surface area (Å²) < 4.78 is 28.4. The van der Waals surface area contributed by atoms with E-state index < -0.39 is 9.84 Å². The summed E-state index contributed by atoms with van der Waals surface area (Å²) in [5.74, 6) is 0.528. The summed E-state index contributed by atoms with van der Waals surface area (Å²) in [6.07, 6.45) is 2.84. The van der Waals surface area contributed by atoms with Gasteiger partial charge in [-0.25, -0.2) is 8.42 Å². The van der Waals surface area contributed by atoms with E-state index in [9.17, 15) is 13.5 Å². The van der Waals surface area contributed by atoms with Gasteiger partial charge in [0.2, 0.25) is 0 Å². The highest BCUT2D eigenvalue weighted by Crippen LogP contribution is 2.17. The highest BCUT2D eigenvalue weighted by Gasteiger charge is 2.09. The maximum atomic E-state index is 11.4. The Balaban J connectivity index is 2.49. The molecular formula is C14H23NO4S. The molecule has 1 atom stereocenters. The first kappa shape index (κ1) is 16.9. The molecule has 0 amide bonds. The quantitative estimate of drug-likeness (QED) is 0.717. The molecule has 0 aliphatic heterocycles. The van der Waals surface area contributed by atoms with E-state index in [-0.39, 0.29) is 17.5 Å². The SMILES string of the molecule is CCCNC(CO)CCOc1cccc(S(C)(=O)=O)c1. The van der Waals surface area contributed by atoms with Gasteiger partial charge in [0, 0.05) is 12.3 Å². The number of sulfone groups is 1. The highest BCUT2D eigenvalue weighted by molar-refractivity contribution is 7.90. The molecule has 2 N–H and O–H groups in total. The lowest BCUT2D eigenvalue weighted by molar-refractivity contribution is 0.208. The van der Waals surface area contributed by atoms with Crippen LogP contribution < -0.4 is 10.1 Å². The first-order chi connectivity index (χ1) is 9.47. The average Bonchev–Trinajstić information content (AvgIpc) is 2.42. The van der Waals surface area contributed by atoms with Gasteiger partial charge in [-0.05, 0) is 37.6 Å². The Morgan fingerprint density at radius 3 is 2.75 bits per heavy atom. The van der Waals surface area contributed by atoms with Crippen molar-refractivity contribution in [2.45, 2.75) is 30.7 Å². The number of aliphatic hydroxyl groups excluding tert-OH is 1. The maximum absolute atomic E-state index is 11.4. The Labute approximate surface area is 120 Å². The van der Waals surface area contributed by atoms with Gasteiger partial charge in [-0.3, -0.25) is 0 Å². The monoisotopic (exact) mass is 301 g/mol. The van der Waals surface area contributed by atoms with Gasteiger partial charge in [-0.1, -0.05) is 13.0 Å².